The fourth-order valence-corrected chi connectivity index (χ4v) is 2.30. The van der Waals surface area contributed by atoms with Gasteiger partial charge in [0.05, 0.1) is 0 Å². The number of benzene rings is 1. The van der Waals surface area contributed by atoms with Crippen LogP contribution < -0.4 is 5.32 Å². The molecule has 1 aromatic rings. The van der Waals surface area contributed by atoms with Crippen LogP contribution in [0, 0.1) is 0 Å². The highest BCUT2D eigenvalue weighted by Gasteiger charge is 2.31. The summed E-state index contributed by atoms with van der Waals surface area (Å²) in [5, 5.41) is 2.87. The Morgan fingerprint density at radius 2 is 1.87 bits per heavy atom. The first kappa shape index (κ1) is 19.4. The molecule has 0 aromatic heterocycles. The number of ether oxygens (including phenoxy) is 1. The molecule has 0 bridgehead atoms. The molecular formula is C17H26N2O3S. The number of rotatable bonds is 6. The first-order valence-electron chi connectivity index (χ1n) is 7.53. The maximum atomic E-state index is 12.6. The fourth-order valence-electron chi connectivity index (χ4n) is 2.00. The summed E-state index contributed by atoms with van der Waals surface area (Å²) in [5.41, 5.74) is 0.143. The zero-order valence-electron chi connectivity index (χ0n) is 14.5. The molecule has 1 aromatic carbocycles. The molecule has 0 fully saturated rings. The quantitative estimate of drug-likeness (QED) is 0.810. The van der Waals surface area contributed by atoms with Gasteiger partial charge >= 0.3 is 6.09 Å². The smallest absolute Gasteiger partial charge is 0.410 e. The van der Waals surface area contributed by atoms with Crippen molar-refractivity contribution in [3.8, 4) is 0 Å². The van der Waals surface area contributed by atoms with Crippen molar-refractivity contribution in [3.63, 3.8) is 0 Å². The van der Waals surface area contributed by atoms with Gasteiger partial charge in [0.2, 0.25) is 5.91 Å². The summed E-state index contributed by atoms with van der Waals surface area (Å²) in [6, 6.07) is 8.52. The molecule has 0 radical (unpaired) electrons. The Morgan fingerprint density at radius 3 is 2.39 bits per heavy atom. The highest BCUT2D eigenvalue weighted by atomic mass is 32.2. The first-order chi connectivity index (χ1) is 10.8. The second kappa shape index (κ2) is 8.82. The molecule has 128 valence electrons. The summed E-state index contributed by atoms with van der Waals surface area (Å²) in [6.07, 6.45) is 1.46. The summed E-state index contributed by atoms with van der Waals surface area (Å²) >= 11 is 1.65. The Hall–Kier alpha value is -1.69. The van der Waals surface area contributed by atoms with Crippen LogP contribution in [0.3, 0.4) is 0 Å². The summed E-state index contributed by atoms with van der Waals surface area (Å²) in [4.78, 5) is 26.2. The molecule has 1 unspecified atom stereocenters. The number of carbonyl (C=O) groups is 2. The molecule has 0 saturated carbocycles. The third-order valence-electron chi connectivity index (χ3n) is 3.04. The molecule has 2 amide bonds. The monoisotopic (exact) mass is 338 g/mol. The van der Waals surface area contributed by atoms with Crippen LogP contribution >= 0.6 is 11.8 Å². The van der Waals surface area contributed by atoms with E-state index in [1.54, 1.807) is 39.6 Å². The van der Waals surface area contributed by atoms with Gasteiger partial charge in [-0.15, -0.1) is 0 Å². The molecule has 0 aliphatic rings. The number of nitrogens with one attached hydrogen (secondary N) is 1. The summed E-state index contributed by atoms with van der Waals surface area (Å²) in [6.45, 7) is 5.96. The van der Waals surface area contributed by atoms with Crippen molar-refractivity contribution in [3.05, 3.63) is 35.9 Å². The Kier molecular flexibility index (Phi) is 7.42. The molecule has 1 atom stereocenters. The van der Waals surface area contributed by atoms with Crippen LogP contribution in [0.25, 0.3) is 0 Å². The molecule has 1 rings (SSSR count). The molecule has 0 heterocycles. The molecule has 0 saturated heterocycles. The number of hydrogen-bond acceptors (Lipinski definition) is 4. The van der Waals surface area contributed by atoms with Crippen LogP contribution in [0.15, 0.2) is 30.3 Å². The van der Waals surface area contributed by atoms with Crippen molar-refractivity contribution in [2.75, 3.05) is 25.6 Å². The van der Waals surface area contributed by atoms with E-state index in [9.17, 15) is 9.59 Å². The van der Waals surface area contributed by atoms with Crippen molar-refractivity contribution in [2.45, 2.75) is 32.4 Å². The zero-order valence-corrected chi connectivity index (χ0v) is 15.3. The second-order valence-electron chi connectivity index (χ2n) is 6.19. The van der Waals surface area contributed by atoms with Gasteiger partial charge in [0.15, 0.2) is 0 Å². The third-order valence-corrected chi connectivity index (χ3v) is 3.65. The molecule has 0 aliphatic heterocycles. The predicted octanol–water partition coefficient (Wildman–Crippen LogP) is 3.07. The Bertz CT molecular complexity index is 514. The van der Waals surface area contributed by atoms with E-state index in [4.69, 9.17) is 4.74 Å². The number of carbonyl (C=O) groups excluding carboxylic acids is 2. The van der Waals surface area contributed by atoms with Crippen LogP contribution in [0.4, 0.5) is 4.79 Å². The van der Waals surface area contributed by atoms with Crippen LogP contribution in [0.5, 0.6) is 0 Å². The lowest BCUT2D eigenvalue weighted by atomic mass is 10.1. The highest BCUT2D eigenvalue weighted by molar-refractivity contribution is 7.98. The van der Waals surface area contributed by atoms with Crippen LogP contribution in [-0.4, -0.2) is 48.1 Å². The Morgan fingerprint density at radius 1 is 1.26 bits per heavy atom. The van der Waals surface area contributed by atoms with E-state index in [-0.39, 0.29) is 5.91 Å². The fraction of sp³-hybridized carbons (Fsp3) is 0.529. The first-order valence-corrected chi connectivity index (χ1v) is 8.93. The van der Waals surface area contributed by atoms with Gasteiger partial charge in [-0.3, -0.25) is 9.69 Å². The molecule has 6 heteroatoms. The topological polar surface area (TPSA) is 58.6 Å². The number of likely N-dealkylation sites (N-methyl/N-ethyl adjacent to an activating group) is 1. The number of amides is 2. The number of hydrogen-bond donors (Lipinski definition) is 1. The largest absolute Gasteiger partial charge is 0.444 e. The molecule has 1 N–H and O–H groups in total. The lowest BCUT2D eigenvalue weighted by molar-refractivity contribution is -0.126. The minimum absolute atomic E-state index is 0.210. The van der Waals surface area contributed by atoms with Crippen LogP contribution in [-0.2, 0) is 9.53 Å². The number of thioether (sulfide) groups is 1. The standard InChI is InChI=1S/C17H26N2O3S/c1-17(2,3)22-16(21)19(4)14(13-9-7-6-8-10-13)15(20)18-11-12-23-5/h6-10,14H,11-12H2,1-5H3,(H,18,20). The van der Waals surface area contributed by atoms with Crippen molar-refractivity contribution >= 4 is 23.8 Å². The van der Waals surface area contributed by atoms with E-state index in [1.165, 1.54) is 4.90 Å². The molecule has 0 aliphatic carbocycles. The molecular weight excluding hydrogens is 312 g/mol. The maximum absolute atomic E-state index is 12.6. The van der Waals surface area contributed by atoms with Gasteiger partial charge in [-0.25, -0.2) is 4.79 Å². The molecule has 0 spiro atoms. The van der Waals surface area contributed by atoms with Gasteiger partial charge in [0, 0.05) is 19.3 Å². The summed E-state index contributed by atoms with van der Waals surface area (Å²) < 4.78 is 5.38. The average Bonchev–Trinajstić information content (AvgIpc) is 2.47. The van der Waals surface area contributed by atoms with Crippen molar-refractivity contribution < 1.29 is 14.3 Å². The Labute approximate surface area is 142 Å². The summed E-state index contributed by atoms with van der Waals surface area (Å²) in [5.74, 6) is 0.613. The van der Waals surface area contributed by atoms with Gasteiger partial charge in [-0.2, -0.15) is 11.8 Å². The normalized spacial score (nSPS) is 12.4. The van der Waals surface area contributed by atoms with E-state index in [0.29, 0.717) is 6.54 Å². The molecule has 5 nitrogen and oxygen atoms in total. The van der Waals surface area contributed by atoms with E-state index >= 15 is 0 Å². The van der Waals surface area contributed by atoms with Crippen LogP contribution in [0.1, 0.15) is 32.4 Å². The third kappa shape index (κ3) is 6.52. The average molecular weight is 338 g/mol. The highest BCUT2D eigenvalue weighted by Crippen LogP contribution is 2.22. The zero-order chi connectivity index (χ0) is 17.5. The SMILES string of the molecule is CSCCNC(=O)C(c1ccccc1)N(C)C(=O)OC(C)(C)C. The second-order valence-corrected chi connectivity index (χ2v) is 7.17. The van der Waals surface area contributed by atoms with Gasteiger partial charge in [0.1, 0.15) is 11.6 Å². The van der Waals surface area contributed by atoms with Gasteiger partial charge in [-0.1, -0.05) is 30.3 Å². The van der Waals surface area contributed by atoms with Crippen molar-refractivity contribution in [1.29, 1.82) is 0 Å². The minimum Gasteiger partial charge on any atom is -0.444 e. The van der Waals surface area contributed by atoms with Crippen LogP contribution in [0.2, 0.25) is 0 Å². The van der Waals surface area contributed by atoms with E-state index in [2.05, 4.69) is 5.32 Å². The lowest BCUT2D eigenvalue weighted by Crippen LogP contribution is -2.44. The minimum atomic E-state index is -0.715. The van der Waals surface area contributed by atoms with Gasteiger partial charge < -0.3 is 10.1 Å². The summed E-state index contributed by atoms with van der Waals surface area (Å²) in [7, 11) is 1.58. The van der Waals surface area contributed by atoms with Crippen molar-refractivity contribution in [1.82, 2.24) is 10.2 Å². The lowest BCUT2D eigenvalue weighted by Gasteiger charge is -2.30. The predicted molar refractivity (Wildman–Crippen MR) is 94.6 cm³/mol. The van der Waals surface area contributed by atoms with Crippen molar-refractivity contribution in [2.24, 2.45) is 0 Å². The maximum Gasteiger partial charge on any atom is 0.410 e. The van der Waals surface area contributed by atoms with E-state index in [0.717, 1.165) is 11.3 Å². The van der Waals surface area contributed by atoms with E-state index in [1.807, 2.05) is 36.6 Å². The van der Waals surface area contributed by atoms with E-state index < -0.39 is 17.7 Å². The number of nitrogens with zero attached hydrogens (tertiary/aromatic N) is 1. The van der Waals surface area contributed by atoms with Gasteiger partial charge in [-0.05, 0) is 32.6 Å². The molecule has 23 heavy (non-hydrogen) atoms. The van der Waals surface area contributed by atoms with Gasteiger partial charge in [0.25, 0.3) is 0 Å². The Balaban J connectivity index is 2.95.